The molecule has 0 unspecified atom stereocenters. The van der Waals surface area contributed by atoms with Crippen LogP contribution in [-0.2, 0) is 0 Å². The third-order valence-corrected chi connectivity index (χ3v) is 13.4. The predicted molar refractivity (Wildman–Crippen MR) is 235 cm³/mol. The number of thiophene rings is 2. The molecular formula is C50H29NOS2. The molecule has 3 aromatic heterocycles. The SMILES string of the molecule is c1ccc2cc(-c3ccc(N(c4ccc5c(c4)sc4ccccc45)c4cccc5c4sc4ccc6oc7c8ccccc8ccc7c6c45)cc3)ccc2c1. The summed E-state index contributed by atoms with van der Waals surface area (Å²) in [5, 5.41) is 12.3. The molecule has 0 amide bonds. The summed E-state index contributed by atoms with van der Waals surface area (Å²) in [5.41, 5.74) is 7.73. The summed E-state index contributed by atoms with van der Waals surface area (Å²) in [6.45, 7) is 0. The summed E-state index contributed by atoms with van der Waals surface area (Å²) in [7, 11) is 0. The largest absolute Gasteiger partial charge is 0.455 e. The fourth-order valence-electron chi connectivity index (χ4n) is 8.50. The molecule has 0 saturated carbocycles. The van der Waals surface area contributed by atoms with E-state index in [0.29, 0.717) is 0 Å². The molecule has 54 heavy (non-hydrogen) atoms. The Bertz CT molecular complexity index is 3460. The van der Waals surface area contributed by atoms with Crippen LogP contribution in [0.1, 0.15) is 0 Å². The van der Waals surface area contributed by atoms with Crippen LogP contribution in [0.5, 0.6) is 0 Å². The topological polar surface area (TPSA) is 16.4 Å². The van der Waals surface area contributed by atoms with Gasteiger partial charge in [0.2, 0.25) is 0 Å². The number of nitrogens with zero attached hydrogens (tertiary/aromatic N) is 1. The predicted octanol–water partition coefficient (Wildman–Crippen LogP) is 15.8. The third kappa shape index (κ3) is 4.45. The first-order valence-corrected chi connectivity index (χ1v) is 19.9. The van der Waals surface area contributed by atoms with Gasteiger partial charge in [0.25, 0.3) is 0 Å². The lowest BCUT2D eigenvalue weighted by Crippen LogP contribution is -2.09. The average Bonchev–Trinajstić information content (AvgIpc) is 3.92. The number of anilines is 3. The monoisotopic (exact) mass is 723 g/mol. The minimum Gasteiger partial charge on any atom is -0.455 e. The molecule has 252 valence electrons. The molecule has 9 aromatic carbocycles. The molecule has 2 nitrogen and oxygen atoms in total. The van der Waals surface area contributed by atoms with Crippen LogP contribution in [0, 0.1) is 0 Å². The van der Waals surface area contributed by atoms with Gasteiger partial charge in [-0.15, -0.1) is 22.7 Å². The van der Waals surface area contributed by atoms with Gasteiger partial charge in [0.1, 0.15) is 11.2 Å². The molecule has 0 spiro atoms. The zero-order valence-corrected chi connectivity index (χ0v) is 30.5. The highest BCUT2D eigenvalue weighted by Gasteiger charge is 2.22. The fourth-order valence-corrected chi connectivity index (χ4v) is 10.9. The molecule has 12 rings (SSSR count). The van der Waals surface area contributed by atoms with Gasteiger partial charge in [-0.1, -0.05) is 115 Å². The van der Waals surface area contributed by atoms with Gasteiger partial charge in [0.05, 0.1) is 10.4 Å². The molecule has 0 bridgehead atoms. The van der Waals surface area contributed by atoms with E-state index in [9.17, 15) is 0 Å². The molecule has 4 heteroatoms. The smallest absolute Gasteiger partial charge is 0.143 e. The van der Waals surface area contributed by atoms with Gasteiger partial charge in [-0.2, -0.15) is 0 Å². The Labute approximate surface area is 318 Å². The lowest BCUT2D eigenvalue weighted by atomic mass is 10.0. The van der Waals surface area contributed by atoms with Crippen molar-refractivity contribution in [3.8, 4) is 11.1 Å². The normalized spacial score (nSPS) is 12.1. The maximum atomic E-state index is 6.64. The molecule has 0 saturated heterocycles. The molecule has 0 atom stereocenters. The van der Waals surface area contributed by atoms with Gasteiger partial charge in [-0.05, 0) is 87.9 Å². The second-order valence-electron chi connectivity index (χ2n) is 14.1. The standard InChI is InChI=1S/C50H29NOS2/c1-2-10-33-28-34(17-16-30(33)8-1)31-18-21-35(22-19-31)51(36-23-25-39-38-12-5-6-15-44(38)53-46(39)29-36)42-14-7-13-41-48-45(54-50(41)42)27-26-43-47(48)40-24-20-32-9-3-4-11-37(32)49(40)52-43/h1-29H. The van der Waals surface area contributed by atoms with Crippen molar-refractivity contribution in [2.75, 3.05) is 4.90 Å². The quantitative estimate of drug-likeness (QED) is 0.180. The Morgan fingerprint density at radius 2 is 1.09 bits per heavy atom. The lowest BCUT2D eigenvalue weighted by molar-refractivity contribution is 0.673. The van der Waals surface area contributed by atoms with E-state index in [2.05, 4.69) is 181 Å². The molecule has 3 heterocycles. The first kappa shape index (κ1) is 30.0. The van der Waals surface area contributed by atoms with Crippen molar-refractivity contribution in [1.29, 1.82) is 0 Å². The zero-order valence-electron chi connectivity index (χ0n) is 28.9. The number of hydrogen-bond acceptors (Lipinski definition) is 4. The Kier molecular flexibility index (Phi) is 6.41. The van der Waals surface area contributed by atoms with Gasteiger partial charge < -0.3 is 9.32 Å². The van der Waals surface area contributed by atoms with E-state index in [4.69, 9.17) is 4.42 Å². The van der Waals surface area contributed by atoms with E-state index in [1.807, 2.05) is 22.7 Å². The van der Waals surface area contributed by atoms with Crippen LogP contribution in [0.3, 0.4) is 0 Å². The van der Waals surface area contributed by atoms with Crippen molar-refractivity contribution >= 4 is 124 Å². The molecule has 0 radical (unpaired) electrons. The molecule has 0 N–H and O–H groups in total. The molecule has 0 aliphatic rings. The summed E-state index contributed by atoms with van der Waals surface area (Å²) >= 11 is 3.73. The van der Waals surface area contributed by atoms with Gasteiger partial charge in [-0.25, -0.2) is 0 Å². The van der Waals surface area contributed by atoms with Crippen LogP contribution >= 0.6 is 22.7 Å². The average molecular weight is 724 g/mol. The molecule has 0 aliphatic heterocycles. The number of hydrogen-bond donors (Lipinski definition) is 0. The van der Waals surface area contributed by atoms with Crippen molar-refractivity contribution in [3.05, 3.63) is 176 Å². The van der Waals surface area contributed by atoms with E-state index in [-0.39, 0.29) is 0 Å². The molecule has 0 aliphatic carbocycles. The Morgan fingerprint density at radius 1 is 0.389 bits per heavy atom. The van der Waals surface area contributed by atoms with Crippen molar-refractivity contribution in [1.82, 2.24) is 0 Å². The molecule has 0 fully saturated rings. The zero-order chi connectivity index (χ0) is 35.3. The van der Waals surface area contributed by atoms with E-state index in [0.717, 1.165) is 33.3 Å². The number of furan rings is 1. The van der Waals surface area contributed by atoms with Crippen LogP contribution in [0.15, 0.2) is 180 Å². The second kappa shape index (κ2) is 11.5. The summed E-state index contributed by atoms with van der Waals surface area (Å²) in [6.07, 6.45) is 0. The minimum atomic E-state index is 0.926. The van der Waals surface area contributed by atoms with E-state index >= 15 is 0 Å². The van der Waals surface area contributed by atoms with E-state index < -0.39 is 0 Å². The number of benzene rings is 9. The second-order valence-corrected chi connectivity index (χ2v) is 16.2. The highest BCUT2D eigenvalue weighted by atomic mass is 32.1. The van der Waals surface area contributed by atoms with Crippen molar-refractivity contribution in [2.45, 2.75) is 0 Å². The molecule has 12 aromatic rings. The highest BCUT2D eigenvalue weighted by Crippen LogP contribution is 2.49. The maximum absolute atomic E-state index is 6.64. The van der Waals surface area contributed by atoms with E-state index in [1.165, 1.54) is 78.7 Å². The van der Waals surface area contributed by atoms with Crippen molar-refractivity contribution in [2.24, 2.45) is 0 Å². The van der Waals surface area contributed by atoms with Gasteiger partial charge in [0.15, 0.2) is 0 Å². The number of rotatable bonds is 4. The van der Waals surface area contributed by atoms with E-state index in [1.54, 1.807) is 0 Å². The van der Waals surface area contributed by atoms with Crippen LogP contribution in [0.25, 0.3) is 95.0 Å². The summed E-state index contributed by atoms with van der Waals surface area (Å²) in [5.74, 6) is 0. The number of fused-ring (bicyclic) bond motifs is 13. The van der Waals surface area contributed by atoms with Crippen molar-refractivity contribution < 1.29 is 4.42 Å². The molecular weight excluding hydrogens is 695 g/mol. The minimum absolute atomic E-state index is 0.926. The van der Waals surface area contributed by atoms with Crippen LogP contribution in [0.4, 0.5) is 17.1 Å². The van der Waals surface area contributed by atoms with Gasteiger partial charge in [-0.3, -0.25) is 0 Å². The van der Waals surface area contributed by atoms with Crippen LogP contribution in [-0.4, -0.2) is 0 Å². The summed E-state index contributed by atoms with van der Waals surface area (Å²) in [6, 6.07) is 64.2. The maximum Gasteiger partial charge on any atom is 0.143 e. The van der Waals surface area contributed by atoms with Crippen LogP contribution < -0.4 is 4.90 Å². The van der Waals surface area contributed by atoms with Gasteiger partial charge in [0, 0.05) is 63.2 Å². The van der Waals surface area contributed by atoms with Crippen LogP contribution in [0.2, 0.25) is 0 Å². The Morgan fingerprint density at radius 3 is 2.00 bits per heavy atom. The lowest BCUT2D eigenvalue weighted by Gasteiger charge is -2.26. The van der Waals surface area contributed by atoms with Crippen molar-refractivity contribution in [3.63, 3.8) is 0 Å². The summed E-state index contributed by atoms with van der Waals surface area (Å²) in [4.78, 5) is 2.45. The fraction of sp³-hybridized carbons (Fsp3) is 0. The highest BCUT2D eigenvalue weighted by molar-refractivity contribution is 7.26. The first-order chi connectivity index (χ1) is 26.7. The Balaban J connectivity index is 1.08. The third-order valence-electron chi connectivity index (χ3n) is 11.0. The van der Waals surface area contributed by atoms with Gasteiger partial charge >= 0.3 is 0 Å². The first-order valence-electron chi connectivity index (χ1n) is 18.2. The Hall–Kier alpha value is -6.46. The summed E-state index contributed by atoms with van der Waals surface area (Å²) < 4.78 is 11.8.